The Labute approximate surface area is 186 Å². The van der Waals surface area contributed by atoms with E-state index in [0.717, 1.165) is 35.2 Å². The third-order valence-electron chi connectivity index (χ3n) is 6.20. The van der Waals surface area contributed by atoms with Crippen LogP contribution in [0.2, 0.25) is 0 Å². The standard InChI is InChI=1S/C23H26N2O4S2/c1-28-19-7-9-22-21(15-19)24-23(30-22)29-18-10-12-25(13-11-18)31(26,27)20-8-6-16-4-2-3-5-17(16)14-20/h6-9,14-15,18H,2-5,10-13H2,1H3. The Morgan fingerprint density at radius 3 is 2.58 bits per heavy atom. The van der Waals surface area contributed by atoms with Crippen molar-refractivity contribution >= 4 is 31.6 Å². The van der Waals surface area contributed by atoms with Crippen molar-refractivity contribution in [3.05, 3.63) is 47.5 Å². The molecule has 6 nitrogen and oxygen atoms in total. The lowest BCUT2D eigenvalue weighted by Gasteiger charge is -2.31. The largest absolute Gasteiger partial charge is 0.497 e. The minimum Gasteiger partial charge on any atom is -0.497 e. The second-order valence-electron chi connectivity index (χ2n) is 8.17. The van der Waals surface area contributed by atoms with Gasteiger partial charge in [-0.05, 0) is 73.9 Å². The van der Waals surface area contributed by atoms with Crippen LogP contribution in [0.15, 0.2) is 41.3 Å². The molecule has 0 unspecified atom stereocenters. The highest BCUT2D eigenvalue weighted by Crippen LogP contribution is 2.33. The molecule has 1 aliphatic carbocycles. The van der Waals surface area contributed by atoms with E-state index in [1.807, 2.05) is 30.3 Å². The molecule has 1 saturated heterocycles. The van der Waals surface area contributed by atoms with Crippen LogP contribution in [0, 0.1) is 0 Å². The molecule has 31 heavy (non-hydrogen) atoms. The van der Waals surface area contributed by atoms with Crippen LogP contribution in [0.1, 0.15) is 36.8 Å². The van der Waals surface area contributed by atoms with Crippen molar-refractivity contribution in [2.45, 2.75) is 49.5 Å². The van der Waals surface area contributed by atoms with Gasteiger partial charge in [-0.15, -0.1) is 0 Å². The second kappa shape index (κ2) is 8.41. The van der Waals surface area contributed by atoms with Crippen LogP contribution < -0.4 is 9.47 Å². The van der Waals surface area contributed by atoms with Crippen molar-refractivity contribution in [1.29, 1.82) is 0 Å². The molecular formula is C23H26N2O4S2. The predicted molar refractivity (Wildman–Crippen MR) is 122 cm³/mol. The fraction of sp³-hybridized carbons (Fsp3) is 0.435. The minimum absolute atomic E-state index is 0.0301. The highest BCUT2D eigenvalue weighted by Gasteiger charge is 2.31. The Bertz CT molecular complexity index is 1200. The third kappa shape index (κ3) is 4.16. The van der Waals surface area contributed by atoms with Gasteiger partial charge in [0.1, 0.15) is 11.9 Å². The van der Waals surface area contributed by atoms with E-state index in [2.05, 4.69) is 4.98 Å². The van der Waals surface area contributed by atoms with Crippen LogP contribution in [0.25, 0.3) is 10.2 Å². The summed E-state index contributed by atoms with van der Waals surface area (Å²) in [5.74, 6) is 0.769. The quantitative estimate of drug-likeness (QED) is 0.566. The molecule has 3 aromatic rings. The summed E-state index contributed by atoms with van der Waals surface area (Å²) < 4.78 is 40.4. The monoisotopic (exact) mass is 458 g/mol. The van der Waals surface area contributed by atoms with Crippen LogP contribution >= 0.6 is 11.3 Å². The number of aryl methyl sites for hydroxylation is 2. The summed E-state index contributed by atoms with van der Waals surface area (Å²) in [6.45, 7) is 0.922. The first-order valence-electron chi connectivity index (χ1n) is 10.8. The topological polar surface area (TPSA) is 68.7 Å². The molecule has 0 radical (unpaired) electrons. The maximum atomic E-state index is 13.2. The van der Waals surface area contributed by atoms with Crippen LogP contribution in [0.5, 0.6) is 10.9 Å². The van der Waals surface area contributed by atoms with Crippen LogP contribution in [-0.2, 0) is 22.9 Å². The SMILES string of the molecule is COc1ccc2sc(OC3CCN(S(=O)(=O)c4ccc5c(c4)CCCC5)CC3)nc2c1. The Balaban J connectivity index is 1.24. The highest BCUT2D eigenvalue weighted by molar-refractivity contribution is 7.89. The minimum atomic E-state index is -3.47. The van der Waals surface area contributed by atoms with Gasteiger partial charge in [0.05, 0.1) is 22.2 Å². The number of fused-ring (bicyclic) bond motifs is 2. The molecule has 2 aliphatic rings. The molecule has 0 spiro atoms. The van der Waals surface area contributed by atoms with Crippen molar-refractivity contribution in [3.8, 4) is 10.9 Å². The van der Waals surface area contributed by atoms with Crippen molar-refractivity contribution < 1.29 is 17.9 Å². The van der Waals surface area contributed by atoms with Gasteiger partial charge in [-0.2, -0.15) is 4.31 Å². The fourth-order valence-corrected chi connectivity index (χ4v) is 6.80. The first-order valence-corrected chi connectivity index (χ1v) is 13.0. The number of thiazole rings is 1. The average Bonchev–Trinajstić information content (AvgIpc) is 3.20. The molecule has 5 rings (SSSR count). The van der Waals surface area contributed by atoms with E-state index >= 15 is 0 Å². The molecule has 1 fully saturated rings. The zero-order valence-electron chi connectivity index (χ0n) is 17.5. The predicted octanol–water partition coefficient (Wildman–Crippen LogP) is 4.42. The van der Waals surface area contributed by atoms with E-state index in [-0.39, 0.29) is 6.10 Å². The number of methoxy groups -OCH3 is 1. The smallest absolute Gasteiger partial charge is 0.274 e. The molecule has 0 saturated carbocycles. The molecule has 0 N–H and O–H groups in total. The lowest BCUT2D eigenvalue weighted by molar-refractivity contribution is 0.135. The summed E-state index contributed by atoms with van der Waals surface area (Å²) in [5, 5.41) is 0.624. The maximum Gasteiger partial charge on any atom is 0.274 e. The molecule has 0 amide bonds. The van der Waals surface area contributed by atoms with Gasteiger partial charge in [-0.25, -0.2) is 13.4 Å². The van der Waals surface area contributed by atoms with Crippen molar-refractivity contribution in [3.63, 3.8) is 0 Å². The number of ether oxygens (including phenoxy) is 2. The summed E-state index contributed by atoms with van der Waals surface area (Å²) >= 11 is 1.51. The lowest BCUT2D eigenvalue weighted by Crippen LogP contribution is -2.41. The average molecular weight is 459 g/mol. The Morgan fingerprint density at radius 2 is 1.81 bits per heavy atom. The maximum absolute atomic E-state index is 13.2. The Morgan fingerprint density at radius 1 is 1.03 bits per heavy atom. The third-order valence-corrected chi connectivity index (χ3v) is 9.02. The number of nitrogens with zero attached hydrogens (tertiary/aromatic N) is 2. The molecule has 164 valence electrons. The van der Waals surface area contributed by atoms with Gasteiger partial charge in [0, 0.05) is 19.2 Å². The molecular weight excluding hydrogens is 432 g/mol. The molecule has 0 bridgehead atoms. The zero-order chi connectivity index (χ0) is 21.4. The van der Waals surface area contributed by atoms with Gasteiger partial charge in [-0.3, -0.25) is 0 Å². The van der Waals surface area contributed by atoms with Gasteiger partial charge < -0.3 is 9.47 Å². The normalized spacial score (nSPS) is 18.1. The van der Waals surface area contributed by atoms with Crippen molar-refractivity contribution in [2.24, 2.45) is 0 Å². The Kier molecular flexibility index (Phi) is 5.62. The van der Waals surface area contributed by atoms with E-state index < -0.39 is 10.0 Å². The summed E-state index contributed by atoms with van der Waals surface area (Å²) in [4.78, 5) is 4.98. The number of rotatable bonds is 5. The fourth-order valence-electron chi connectivity index (χ4n) is 4.42. The number of hydrogen-bond donors (Lipinski definition) is 0. The van der Waals surface area contributed by atoms with E-state index in [1.54, 1.807) is 17.5 Å². The number of sulfonamides is 1. The molecule has 1 aromatic heterocycles. The molecule has 1 aliphatic heterocycles. The van der Waals surface area contributed by atoms with Gasteiger partial charge in [0.2, 0.25) is 10.0 Å². The molecule has 2 aromatic carbocycles. The number of hydrogen-bond acceptors (Lipinski definition) is 6. The summed E-state index contributed by atoms with van der Waals surface area (Å²) in [6, 6.07) is 11.5. The van der Waals surface area contributed by atoms with Gasteiger partial charge >= 0.3 is 0 Å². The Hall–Kier alpha value is -2.16. The first kappa shape index (κ1) is 20.7. The zero-order valence-corrected chi connectivity index (χ0v) is 19.2. The van der Waals surface area contributed by atoms with Crippen LogP contribution in [0.4, 0.5) is 0 Å². The number of benzene rings is 2. The van der Waals surface area contributed by atoms with Crippen molar-refractivity contribution in [2.75, 3.05) is 20.2 Å². The summed E-state index contributed by atoms with van der Waals surface area (Å²) in [6.07, 6.45) is 5.64. The van der Waals surface area contributed by atoms with Crippen LogP contribution in [-0.4, -0.2) is 44.0 Å². The van der Waals surface area contributed by atoms with E-state index in [1.165, 1.54) is 28.9 Å². The van der Waals surface area contributed by atoms with E-state index in [9.17, 15) is 8.42 Å². The summed E-state index contributed by atoms with van der Waals surface area (Å²) in [5.41, 5.74) is 3.34. The second-order valence-corrected chi connectivity index (χ2v) is 11.1. The number of aromatic nitrogens is 1. The van der Waals surface area contributed by atoms with E-state index in [0.29, 0.717) is 36.0 Å². The first-order chi connectivity index (χ1) is 15.0. The lowest BCUT2D eigenvalue weighted by atomic mass is 9.92. The number of piperidine rings is 1. The van der Waals surface area contributed by atoms with Gasteiger partial charge in [0.15, 0.2) is 0 Å². The van der Waals surface area contributed by atoms with Gasteiger partial charge in [-0.1, -0.05) is 17.4 Å². The van der Waals surface area contributed by atoms with Crippen molar-refractivity contribution in [1.82, 2.24) is 9.29 Å². The van der Waals surface area contributed by atoms with Crippen LogP contribution in [0.3, 0.4) is 0 Å². The van der Waals surface area contributed by atoms with E-state index in [4.69, 9.17) is 9.47 Å². The van der Waals surface area contributed by atoms with Gasteiger partial charge in [0.25, 0.3) is 5.19 Å². The summed E-state index contributed by atoms with van der Waals surface area (Å²) in [7, 11) is -1.83. The highest BCUT2D eigenvalue weighted by atomic mass is 32.2. The molecule has 8 heteroatoms. The molecule has 2 heterocycles. The molecule has 0 atom stereocenters.